The van der Waals surface area contributed by atoms with Crippen LogP contribution in [0, 0.1) is 6.92 Å². The summed E-state index contributed by atoms with van der Waals surface area (Å²) in [4.78, 5) is 17.4. The van der Waals surface area contributed by atoms with E-state index in [1.807, 2.05) is 30.6 Å². The van der Waals surface area contributed by atoms with Crippen molar-refractivity contribution in [1.29, 1.82) is 0 Å². The fraction of sp³-hybridized carbons (Fsp3) is 0.250. The van der Waals surface area contributed by atoms with E-state index in [1.54, 1.807) is 21.9 Å². The van der Waals surface area contributed by atoms with Crippen LogP contribution in [0.5, 0.6) is 0 Å². The molecule has 0 bridgehead atoms. The molecule has 0 fully saturated rings. The summed E-state index contributed by atoms with van der Waals surface area (Å²) in [6, 6.07) is 5.53. The molecular formula is C12H12N4OS. The van der Waals surface area contributed by atoms with E-state index in [2.05, 4.69) is 10.1 Å². The number of nitrogens with zero attached hydrogens (tertiary/aromatic N) is 4. The first-order valence-corrected chi connectivity index (χ1v) is 6.57. The van der Waals surface area contributed by atoms with Crippen LogP contribution >= 0.6 is 11.3 Å². The molecule has 3 rings (SSSR count). The monoisotopic (exact) mass is 260 g/mol. The Bertz CT molecular complexity index is 740. The third-order valence-corrected chi connectivity index (χ3v) is 3.88. The number of hydrogen-bond donors (Lipinski definition) is 0. The fourth-order valence-electron chi connectivity index (χ4n) is 1.89. The Kier molecular flexibility index (Phi) is 2.71. The van der Waals surface area contributed by atoms with Gasteiger partial charge in [-0.25, -0.2) is 14.5 Å². The highest BCUT2D eigenvalue weighted by Crippen LogP contribution is 2.13. The van der Waals surface area contributed by atoms with Crippen LogP contribution in [0.2, 0.25) is 0 Å². The number of aryl methyl sites for hydroxylation is 3. The normalized spacial score (nSPS) is 11.2. The maximum absolute atomic E-state index is 12.0. The third-order valence-electron chi connectivity index (χ3n) is 2.88. The zero-order valence-corrected chi connectivity index (χ0v) is 10.7. The first kappa shape index (κ1) is 11.2. The molecule has 3 heterocycles. The summed E-state index contributed by atoms with van der Waals surface area (Å²) >= 11 is 1.62. The van der Waals surface area contributed by atoms with Gasteiger partial charge in [0.25, 0.3) is 0 Å². The molecule has 0 atom stereocenters. The molecule has 0 aliphatic heterocycles. The van der Waals surface area contributed by atoms with Crippen molar-refractivity contribution in [2.45, 2.75) is 19.9 Å². The van der Waals surface area contributed by atoms with E-state index in [0.29, 0.717) is 12.2 Å². The molecule has 0 N–H and O–H groups in total. The van der Waals surface area contributed by atoms with Crippen LogP contribution in [-0.2, 0) is 13.0 Å². The van der Waals surface area contributed by atoms with E-state index in [1.165, 1.54) is 9.56 Å². The van der Waals surface area contributed by atoms with Gasteiger partial charge in [-0.1, -0.05) is 6.07 Å². The molecule has 0 radical (unpaired) electrons. The zero-order chi connectivity index (χ0) is 12.5. The Morgan fingerprint density at radius 1 is 1.39 bits per heavy atom. The lowest BCUT2D eigenvalue weighted by molar-refractivity contribution is 0.595. The van der Waals surface area contributed by atoms with Crippen LogP contribution in [0.4, 0.5) is 0 Å². The fourth-order valence-corrected chi connectivity index (χ4v) is 2.66. The summed E-state index contributed by atoms with van der Waals surface area (Å²) < 4.78 is 3.06. The summed E-state index contributed by atoms with van der Waals surface area (Å²) in [5, 5.41) is 4.29. The van der Waals surface area contributed by atoms with Gasteiger partial charge >= 0.3 is 5.69 Å². The maximum atomic E-state index is 12.0. The van der Waals surface area contributed by atoms with Crippen LogP contribution in [0.3, 0.4) is 0 Å². The number of pyridine rings is 1. The van der Waals surface area contributed by atoms with Gasteiger partial charge in [0.1, 0.15) is 0 Å². The average molecular weight is 260 g/mol. The van der Waals surface area contributed by atoms with Crippen LogP contribution in [-0.4, -0.2) is 19.2 Å². The molecule has 3 aromatic rings. The topological polar surface area (TPSA) is 52.2 Å². The van der Waals surface area contributed by atoms with Gasteiger partial charge in [-0.05, 0) is 19.1 Å². The molecule has 0 aliphatic carbocycles. The van der Waals surface area contributed by atoms with Gasteiger partial charge in [-0.15, -0.1) is 16.4 Å². The van der Waals surface area contributed by atoms with E-state index in [4.69, 9.17) is 0 Å². The third kappa shape index (κ3) is 1.84. The SMILES string of the molecule is Cc1ncsc1CCn1nc2ccccn2c1=O. The molecule has 0 spiro atoms. The van der Waals surface area contributed by atoms with Crippen molar-refractivity contribution >= 4 is 17.0 Å². The summed E-state index contributed by atoms with van der Waals surface area (Å²) in [6.07, 6.45) is 2.53. The summed E-state index contributed by atoms with van der Waals surface area (Å²) in [6.45, 7) is 2.57. The Labute approximate surface area is 107 Å². The molecule has 0 aromatic carbocycles. The molecule has 92 valence electrons. The quantitative estimate of drug-likeness (QED) is 0.717. The first-order chi connectivity index (χ1) is 8.75. The van der Waals surface area contributed by atoms with Gasteiger partial charge in [-0.2, -0.15) is 0 Å². The smallest absolute Gasteiger partial charge is 0.250 e. The summed E-state index contributed by atoms with van der Waals surface area (Å²) in [5.41, 5.74) is 3.46. The number of rotatable bonds is 3. The molecule has 0 unspecified atom stereocenters. The molecule has 0 saturated heterocycles. The van der Waals surface area contributed by atoms with Crippen LogP contribution in [0.1, 0.15) is 10.6 Å². The minimum Gasteiger partial charge on any atom is -0.250 e. The molecule has 0 amide bonds. The molecule has 0 aliphatic rings. The van der Waals surface area contributed by atoms with Gasteiger partial charge in [-0.3, -0.25) is 4.40 Å². The van der Waals surface area contributed by atoms with Gasteiger partial charge in [0.05, 0.1) is 17.7 Å². The number of thiazole rings is 1. The lowest BCUT2D eigenvalue weighted by Gasteiger charge is -1.97. The Morgan fingerprint density at radius 3 is 3.00 bits per heavy atom. The number of fused-ring (bicyclic) bond motifs is 1. The largest absolute Gasteiger partial charge is 0.350 e. The lowest BCUT2D eigenvalue weighted by Crippen LogP contribution is -2.21. The molecule has 0 saturated carbocycles. The van der Waals surface area contributed by atoms with Crippen molar-refractivity contribution in [3.63, 3.8) is 0 Å². The van der Waals surface area contributed by atoms with Gasteiger partial charge < -0.3 is 0 Å². The lowest BCUT2D eigenvalue weighted by atomic mass is 10.3. The van der Waals surface area contributed by atoms with E-state index >= 15 is 0 Å². The van der Waals surface area contributed by atoms with E-state index in [-0.39, 0.29) is 5.69 Å². The Morgan fingerprint density at radius 2 is 2.28 bits per heavy atom. The minimum atomic E-state index is -0.0900. The van der Waals surface area contributed by atoms with Crippen molar-refractivity contribution in [2.75, 3.05) is 0 Å². The minimum absolute atomic E-state index is 0.0900. The Hall–Kier alpha value is -1.95. The summed E-state index contributed by atoms with van der Waals surface area (Å²) in [5.74, 6) is 0. The van der Waals surface area contributed by atoms with Crippen molar-refractivity contribution < 1.29 is 0 Å². The highest BCUT2D eigenvalue weighted by Gasteiger charge is 2.07. The van der Waals surface area contributed by atoms with Gasteiger partial charge in [0.2, 0.25) is 0 Å². The van der Waals surface area contributed by atoms with Gasteiger partial charge in [0, 0.05) is 17.5 Å². The van der Waals surface area contributed by atoms with E-state index < -0.39 is 0 Å². The predicted octanol–water partition coefficient (Wildman–Crippen LogP) is 1.50. The van der Waals surface area contributed by atoms with Crippen molar-refractivity contribution in [1.82, 2.24) is 19.2 Å². The second-order valence-electron chi connectivity index (χ2n) is 4.05. The second-order valence-corrected chi connectivity index (χ2v) is 4.98. The zero-order valence-electron chi connectivity index (χ0n) is 9.91. The molecule has 5 nitrogen and oxygen atoms in total. The molecular weight excluding hydrogens is 248 g/mol. The van der Waals surface area contributed by atoms with Crippen LogP contribution < -0.4 is 5.69 Å². The number of aromatic nitrogens is 4. The Balaban J connectivity index is 1.89. The maximum Gasteiger partial charge on any atom is 0.350 e. The molecule has 18 heavy (non-hydrogen) atoms. The predicted molar refractivity (Wildman–Crippen MR) is 70.0 cm³/mol. The summed E-state index contributed by atoms with van der Waals surface area (Å²) in [7, 11) is 0. The average Bonchev–Trinajstić information content (AvgIpc) is 2.92. The second kappa shape index (κ2) is 4.38. The highest BCUT2D eigenvalue weighted by molar-refractivity contribution is 7.09. The van der Waals surface area contributed by atoms with Gasteiger partial charge in [0.15, 0.2) is 5.65 Å². The van der Waals surface area contributed by atoms with Crippen molar-refractivity contribution in [3.8, 4) is 0 Å². The van der Waals surface area contributed by atoms with Crippen molar-refractivity contribution in [3.05, 3.63) is 51.0 Å². The standard InChI is InChI=1S/C12H12N4OS/c1-9-10(18-8-13-9)5-7-16-12(17)15-6-3-2-4-11(15)14-16/h2-4,6,8H,5,7H2,1H3. The number of hydrogen-bond acceptors (Lipinski definition) is 4. The van der Waals surface area contributed by atoms with Crippen LogP contribution in [0.15, 0.2) is 34.7 Å². The highest BCUT2D eigenvalue weighted by atomic mass is 32.1. The molecule has 3 aromatic heterocycles. The van der Waals surface area contributed by atoms with E-state index in [0.717, 1.165) is 12.1 Å². The van der Waals surface area contributed by atoms with E-state index in [9.17, 15) is 4.79 Å². The molecule has 6 heteroatoms. The van der Waals surface area contributed by atoms with Crippen LogP contribution in [0.25, 0.3) is 5.65 Å². The first-order valence-electron chi connectivity index (χ1n) is 5.69. The van der Waals surface area contributed by atoms with Crippen molar-refractivity contribution in [2.24, 2.45) is 0 Å².